The molecule has 1 fully saturated rings. The van der Waals surface area contributed by atoms with Crippen molar-refractivity contribution in [3.8, 4) is 0 Å². The molecule has 1 aliphatic rings. The van der Waals surface area contributed by atoms with Crippen LogP contribution < -0.4 is 0 Å². The number of carbonyl (C=O) groups is 2. The summed E-state index contributed by atoms with van der Waals surface area (Å²) in [6, 6.07) is 17.5. The molecule has 2 amide bonds. The van der Waals surface area contributed by atoms with E-state index in [4.69, 9.17) is 16.6 Å². The third kappa shape index (κ3) is 5.81. The number of halogens is 1. The number of benzene rings is 2. The normalized spacial score (nSPS) is 14.3. The number of piperidine rings is 1. The van der Waals surface area contributed by atoms with Crippen molar-refractivity contribution in [1.82, 2.24) is 14.8 Å². The van der Waals surface area contributed by atoms with Gasteiger partial charge in [0.2, 0.25) is 5.91 Å². The van der Waals surface area contributed by atoms with Crippen molar-refractivity contribution in [3.63, 3.8) is 0 Å². The monoisotopic (exact) mass is 481 g/mol. The Morgan fingerprint density at radius 1 is 1.09 bits per heavy atom. The van der Waals surface area contributed by atoms with Gasteiger partial charge < -0.3 is 9.80 Å². The Hall–Kier alpha value is -2.70. The molecular weight excluding hydrogens is 454 g/mol. The summed E-state index contributed by atoms with van der Waals surface area (Å²) >= 11 is 7.76. The van der Waals surface area contributed by atoms with Gasteiger partial charge in [0.25, 0.3) is 5.91 Å². The summed E-state index contributed by atoms with van der Waals surface area (Å²) in [5.74, 6) is 0.359. The fraction of sp³-hybridized carbons (Fsp3) is 0.346. The number of amides is 2. The Balaban J connectivity index is 1.33. The number of rotatable bonds is 7. The number of hydrogen-bond acceptors (Lipinski definition) is 4. The van der Waals surface area contributed by atoms with Crippen LogP contribution in [0.15, 0.2) is 60.0 Å². The fourth-order valence-electron chi connectivity index (χ4n) is 4.16. The topological polar surface area (TPSA) is 53.5 Å². The molecule has 0 aliphatic carbocycles. The van der Waals surface area contributed by atoms with Gasteiger partial charge in [-0.25, -0.2) is 4.98 Å². The second-order valence-electron chi connectivity index (χ2n) is 8.30. The zero-order valence-electron chi connectivity index (χ0n) is 18.7. The highest BCUT2D eigenvalue weighted by molar-refractivity contribution is 7.09. The van der Waals surface area contributed by atoms with Gasteiger partial charge in [0.15, 0.2) is 0 Å². The first-order chi connectivity index (χ1) is 16.0. The van der Waals surface area contributed by atoms with E-state index in [0.717, 1.165) is 29.0 Å². The maximum absolute atomic E-state index is 13.0. The van der Waals surface area contributed by atoms with Crippen molar-refractivity contribution in [1.29, 1.82) is 0 Å². The molecule has 1 aliphatic heterocycles. The molecule has 0 bridgehead atoms. The smallest absolute Gasteiger partial charge is 0.273 e. The lowest BCUT2D eigenvalue weighted by Crippen LogP contribution is -2.38. The van der Waals surface area contributed by atoms with Gasteiger partial charge in [-0.15, -0.1) is 11.3 Å². The van der Waals surface area contributed by atoms with E-state index < -0.39 is 0 Å². The van der Waals surface area contributed by atoms with Crippen LogP contribution >= 0.6 is 22.9 Å². The molecule has 0 spiro atoms. The molecule has 0 unspecified atom stereocenters. The number of aromatic nitrogens is 1. The number of carbonyl (C=O) groups excluding carboxylic acids is 2. The standard InChI is InChI=1S/C26H28ClN3O2S/c1-2-29(17-19-8-4-3-5-9-19)26(32)23-18-33-25(28-23)20-12-14-30(15-13-20)24(31)16-21-10-6-7-11-22(21)27/h3-11,18,20H,2,12-17H2,1H3. The minimum absolute atomic E-state index is 0.0313. The van der Waals surface area contributed by atoms with E-state index in [2.05, 4.69) is 0 Å². The van der Waals surface area contributed by atoms with E-state index in [9.17, 15) is 9.59 Å². The number of hydrogen-bond donors (Lipinski definition) is 0. The van der Waals surface area contributed by atoms with Gasteiger partial charge >= 0.3 is 0 Å². The Bertz CT molecular complexity index is 1090. The molecule has 7 heteroatoms. The first-order valence-corrected chi connectivity index (χ1v) is 12.6. The molecule has 0 radical (unpaired) electrons. The van der Waals surface area contributed by atoms with E-state index in [0.29, 0.717) is 43.3 Å². The maximum Gasteiger partial charge on any atom is 0.273 e. The summed E-state index contributed by atoms with van der Waals surface area (Å²) in [5.41, 5.74) is 2.49. The molecule has 2 aromatic carbocycles. The molecule has 172 valence electrons. The van der Waals surface area contributed by atoms with E-state index in [-0.39, 0.29) is 17.7 Å². The van der Waals surface area contributed by atoms with Crippen LogP contribution in [0.1, 0.15) is 52.3 Å². The Morgan fingerprint density at radius 3 is 2.48 bits per heavy atom. The lowest BCUT2D eigenvalue weighted by Gasteiger charge is -2.31. The minimum Gasteiger partial charge on any atom is -0.342 e. The van der Waals surface area contributed by atoms with E-state index >= 15 is 0 Å². The molecular formula is C26H28ClN3O2S. The van der Waals surface area contributed by atoms with Crippen molar-refractivity contribution in [2.75, 3.05) is 19.6 Å². The minimum atomic E-state index is -0.0313. The number of likely N-dealkylation sites (tertiary alicyclic amines) is 1. The summed E-state index contributed by atoms with van der Waals surface area (Å²) in [6.07, 6.45) is 2.04. The van der Waals surface area contributed by atoms with Gasteiger partial charge in [-0.1, -0.05) is 60.1 Å². The van der Waals surface area contributed by atoms with Gasteiger partial charge in [-0.05, 0) is 37.0 Å². The SMILES string of the molecule is CCN(Cc1ccccc1)C(=O)c1csc(C2CCN(C(=O)Cc3ccccc3Cl)CC2)n1. The highest BCUT2D eigenvalue weighted by Crippen LogP contribution is 2.31. The van der Waals surface area contributed by atoms with Crippen LogP contribution in [-0.4, -0.2) is 46.2 Å². The third-order valence-electron chi connectivity index (χ3n) is 6.12. The fourth-order valence-corrected chi connectivity index (χ4v) is 5.33. The van der Waals surface area contributed by atoms with Crippen molar-refractivity contribution >= 4 is 34.8 Å². The molecule has 5 nitrogen and oxygen atoms in total. The zero-order valence-corrected chi connectivity index (χ0v) is 20.3. The van der Waals surface area contributed by atoms with E-state index in [1.807, 2.05) is 76.7 Å². The summed E-state index contributed by atoms with van der Waals surface area (Å²) in [6.45, 7) is 4.60. The summed E-state index contributed by atoms with van der Waals surface area (Å²) < 4.78 is 0. The third-order valence-corrected chi connectivity index (χ3v) is 7.50. The van der Waals surface area contributed by atoms with Crippen molar-refractivity contribution in [2.24, 2.45) is 0 Å². The molecule has 3 aromatic rings. The zero-order chi connectivity index (χ0) is 23.2. The maximum atomic E-state index is 13.0. The van der Waals surface area contributed by atoms with Crippen molar-refractivity contribution in [3.05, 3.63) is 86.8 Å². The van der Waals surface area contributed by atoms with Crippen LogP contribution in [0.5, 0.6) is 0 Å². The Morgan fingerprint density at radius 2 is 1.79 bits per heavy atom. The Kier molecular flexibility index (Phi) is 7.78. The first kappa shape index (κ1) is 23.5. The number of nitrogens with zero attached hydrogens (tertiary/aromatic N) is 3. The molecule has 0 N–H and O–H groups in total. The quantitative estimate of drug-likeness (QED) is 0.453. The average molecular weight is 482 g/mol. The van der Waals surface area contributed by atoms with Gasteiger partial charge in [0, 0.05) is 42.5 Å². The predicted octanol–water partition coefficient (Wildman–Crippen LogP) is 5.41. The number of thiazole rings is 1. The van der Waals surface area contributed by atoms with Crippen molar-refractivity contribution in [2.45, 2.75) is 38.6 Å². The predicted molar refractivity (Wildman–Crippen MR) is 133 cm³/mol. The van der Waals surface area contributed by atoms with E-state index in [1.54, 1.807) is 11.3 Å². The lowest BCUT2D eigenvalue weighted by molar-refractivity contribution is -0.131. The van der Waals surface area contributed by atoms with Gasteiger partial charge in [-0.2, -0.15) is 0 Å². The molecule has 1 aromatic heterocycles. The van der Waals surface area contributed by atoms with Crippen molar-refractivity contribution < 1.29 is 9.59 Å². The molecule has 2 heterocycles. The van der Waals surface area contributed by atoms with Gasteiger partial charge in [0.1, 0.15) is 5.69 Å². The Labute approximate surface area is 204 Å². The van der Waals surface area contributed by atoms with E-state index in [1.165, 1.54) is 0 Å². The second-order valence-corrected chi connectivity index (χ2v) is 9.60. The van der Waals surface area contributed by atoms with Crippen LogP contribution in [0.4, 0.5) is 0 Å². The van der Waals surface area contributed by atoms with Crippen LogP contribution in [-0.2, 0) is 17.8 Å². The molecule has 0 atom stereocenters. The summed E-state index contributed by atoms with van der Waals surface area (Å²) in [4.78, 5) is 34.2. The van der Waals surface area contributed by atoms with Crippen LogP contribution in [0.25, 0.3) is 0 Å². The first-order valence-electron chi connectivity index (χ1n) is 11.3. The average Bonchev–Trinajstić information content (AvgIpc) is 3.35. The van der Waals surface area contributed by atoms with Crippen LogP contribution in [0, 0.1) is 0 Å². The summed E-state index contributed by atoms with van der Waals surface area (Å²) in [5, 5.41) is 3.50. The second kappa shape index (κ2) is 10.9. The van der Waals surface area contributed by atoms with Gasteiger partial charge in [-0.3, -0.25) is 9.59 Å². The molecule has 4 rings (SSSR count). The van der Waals surface area contributed by atoms with Gasteiger partial charge in [0.05, 0.1) is 11.4 Å². The highest BCUT2D eigenvalue weighted by atomic mass is 35.5. The van der Waals surface area contributed by atoms with Crippen LogP contribution in [0.2, 0.25) is 5.02 Å². The molecule has 0 saturated carbocycles. The van der Waals surface area contributed by atoms with Crippen LogP contribution in [0.3, 0.4) is 0 Å². The molecule has 33 heavy (non-hydrogen) atoms. The lowest BCUT2D eigenvalue weighted by atomic mass is 9.97. The highest BCUT2D eigenvalue weighted by Gasteiger charge is 2.27. The largest absolute Gasteiger partial charge is 0.342 e. The molecule has 1 saturated heterocycles. The summed E-state index contributed by atoms with van der Waals surface area (Å²) in [7, 11) is 0.